The van der Waals surface area contributed by atoms with Gasteiger partial charge in [-0.15, -0.1) is 0 Å². The van der Waals surface area contributed by atoms with Crippen molar-refractivity contribution in [2.45, 2.75) is 76.6 Å². The molecule has 0 aliphatic heterocycles. The second-order valence-electron chi connectivity index (χ2n) is 9.97. The molecule has 0 aliphatic carbocycles. The van der Waals surface area contributed by atoms with Crippen molar-refractivity contribution in [1.29, 1.82) is 0 Å². The molecule has 2 rings (SSSR count). The Bertz CT molecular complexity index is 916. The molecule has 0 spiro atoms. The van der Waals surface area contributed by atoms with Gasteiger partial charge in [0.25, 0.3) is 10.1 Å². The second-order valence-corrected chi connectivity index (χ2v) is 16.3. The predicted octanol–water partition coefficient (Wildman–Crippen LogP) is 6.36. The third-order valence-electron chi connectivity index (χ3n) is 6.32. The molecule has 2 atom stereocenters. The molecule has 0 saturated heterocycles. The molecule has 6 heteroatoms. The molecular weight excluding hydrogens is 424 g/mol. The number of aryl methyl sites for hydroxylation is 2. The van der Waals surface area contributed by atoms with Gasteiger partial charge in [-0.2, -0.15) is 8.42 Å². The molecule has 2 aromatic carbocycles. The van der Waals surface area contributed by atoms with E-state index in [4.69, 9.17) is 8.61 Å². The summed E-state index contributed by atoms with van der Waals surface area (Å²) in [6, 6.07) is 17.1. The summed E-state index contributed by atoms with van der Waals surface area (Å²) in [6.45, 7) is 15.0. The summed E-state index contributed by atoms with van der Waals surface area (Å²) in [5.41, 5.74) is 2.28. The van der Waals surface area contributed by atoms with Crippen LogP contribution in [0.1, 0.15) is 45.2 Å². The first-order valence-electron chi connectivity index (χ1n) is 11.0. The molecule has 2 unspecified atom stereocenters. The van der Waals surface area contributed by atoms with Gasteiger partial charge in [0.15, 0.2) is 8.32 Å². The van der Waals surface area contributed by atoms with E-state index in [1.807, 2.05) is 25.1 Å². The third kappa shape index (κ3) is 7.56. The fourth-order valence-corrected chi connectivity index (χ4v) is 5.35. The highest BCUT2D eigenvalue weighted by atomic mass is 32.2. The van der Waals surface area contributed by atoms with E-state index in [1.165, 1.54) is 5.56 Å². The van der Waals surface area contributed by atoms with E-state index in [-0.39, 0.29) is 28.6 Å². The van der Waals surface area contributed by atoms with Gasteiger partial charge in [-0.1, -0.05) is 75.7 Å². The first-order valence-corrected chi connectivity index (χ1v) is 15.3. The lowest BCUT2D eigenvalue weighted by atomic mass is 9.96. The summed E-state index contributed by atoms with van der Waals surface area (Å²) < 4.78 is 37.7. The second kappa shape index (κ2) is 10.4. The van der Waals surface area contributed by atoms with Gasteiger partial charge in [-0.3, -0.25) is 4.18 Å². The first-order chi connectivity index (χ1) is 14.3. The zero-order valence-corrected chi connectivity index (χ0v) is 21.8. The van der Waals surface area contributed by atoms with E-state index < -0.39 is 18.4 Å². The molecule has 0 heterocycles. The highest BCUT2D eigenvalue weighted by molar-refractivity contribution is 7.86. The minimum absolute atomic E-state index is 0.0265. The van der Waals surface area contributed by atoms with Crippen molar-refractivity contribution < 1.29 is 17.0 Å². The van der Waals surface area contributed by atoms with Crippen LogP contribution in [0.25, 0.3) is 0 Å². The molecule has 0 bridgehead atoms. The molecule has 0 fully saturated rings. The van der Waals surface area contributed by atoms with Crippen molar-refractivity contribution in [2.75, 3.05) is 6.61 Å². The van der Waals surface area contributed by atoms with Gasteiger partial charge in [0, 0.05) is 0 Å². The van der Waals surface area contributed by atoms with Crippen LogP contribution < -0.4 is 0 Å². The maximum Gasteiger partial charge on any atom is 0.297 e. The zero-order chi connectivity index (χ0) is 23.3. The fraction of sp³-hybridized carbons (Fsp3) is 0.520. The van der Waals surface area contributed by atoms with Crippen LogP contribution in [0.5, 0.6) is 0 Å². The summed E-state index contributed by atoms with van der Waals surface area (Å²) >= 11 is 0. The van der Waals surface area contributed by atoms with Crippen LogP contribution >= 0.6 is 0 Å². The lowest BCUT2D eigenvalue weighted by Crippen LogP contribution is -2.47. The summed E-state index contributed by atoms with van der Waals surface area (Å²) in [6.07, 6.45) is 1.53. The zero-order valence-electron chi connectivity index (χ0n) is 20.0. The summed E-state index contributed by atoms with van der Waals surface area (Å²) in [5, 5.41) is 0.0280. The number of rotatable bonds is 10. The van der Waals surface area contributed by atoms with Crippen LogP contribution in [0, 0.1) is 12.8 Å². The van der Waals surface area contributed by atoms with Crippen LogP contribution in [0.15, 0.2) is 59.5 Å². The van der Waals surface area contributed by atoms with Gasteiger partial charge in [-0.25, -0.2) is 0 Å². The molecule has 0 aromatic heterocycles. The molecule has 4 nitrogen and oxygen atoms in total. The van der Waals surface area contributed by atoms with Crippen LogP contribution in [0.2, 0.25) is 18.1 Å². The standard InChI is InChI=1S/C25H38O4SSi/c1-20-13-17-23(18-14-20)30(26,27)28-19-24(29-31(6,7)25(3,4)5)21(2)15-16-22-11-9-8-10-12-22/h8-14,17-18,21,24H,15-16,19H2,1-7H3. The minimum Gasteiger partial charge on any atom is -0.411 e. The van der Waals surface area contributed by atoms with Crippen molar-refractivity contribution >= 4 is 18.4 Å². The highest BCUT2D eigenvalue weighted by Gasteiger charge is 2.40. The van der Waals surface area contributed by atoms with Crippen molar-refractivity contribution in [2.24, 2.45) is 5.92 Å². The SMILES string of the molecule is Cc1ccc(S(=O)(=O)OCC(O[Si](C)(C)C(C)(C)C)C(C)CCc2ccccc2)cc1. The van der Waals surface area contributed by atoms with Crippen LogP contribution in [-0.2, 0) is 25.1 Å². The molecule has 31 heavy (non-hydrogen) atoms. The van der Waals surface area contributed by atoms with Gasteiger partial charge >= 0.3 is 0 Å². The summed E-state index contributed by atoms with van der Waals surface area (Å²) in [7, 11) is -5.93. The van der Waals surface area contributed by atoms with E-state index in [0.717, 1.165) is 18.4 Å². The summed E-state index contributed by atoms with van der Waals surface area (Å²) in [4.78, 5) is 0.182. The topological polar surface area (TPSA) is 52.6 Å². The lowest BCUT2D eigenvalue weighted by Gasteiger charge is -2.40. The van der Waals surface area contributed by atoms with Crippen LogP contribution in [0.3, 0.4) is 0 Å². The van der Waals surface area contributed by atoms with E-state index in [0.29, 0.717) is 0 Å². The van der Waals surface area contributed by atoms with Gasteiger partial charge in [0.2, 0.25) is 0 Å². The van der Waals surface area contributed by atoms with Crippen molar-refractivity contribution in [3.63, 3.8) is 0 Å². The number of hydrogen-bond acceptors (Lipinski definition) is 4. The predicted molar refractivity (Wildman–Crippen MR) is 130 cm³/mol. The van der Waals surface area contributed by atoms with Crippen LogP contribution in [0.4, 0.5) is 0 Å². The molecule has 0 radical (unpaired) electrons. The quantitative estimate of drug-likeness (QED) is 0.304. The third-order valence-corrected chi connectivity index (χ3v) is 12.1. The Morgan fingerprint density at radius 2 is 1.55 bits per heavy atom. The van der Waals surface area contributed by atoms with Crippen molar-refractivity contribution in [1.82, 2.24) is 0 Å². The molecule has 172 valence electrons. The van der Waals surface area contributed by atoms with Gasteiger partial charge < -0.3 is 4.43 Å². The van der Waals surface area contributed by atoms with E-state index in [1.54, 1.807) is 24.3 Å². The Morgan fingerprint density at radius 3 is 2.10 bits per heavy atom. The summed E-state index contributed by atoms with van der Waals surface area (Å²) in [5.74, 6) is 0.155. The molecule has 0 amide bonds. The fourth-order valence-electron chi connectivity index (χ4n) is 3.02. The number of hydrogen-bond donors (Lipinski definition) is 0. The highest BCUT2D eigenvalue weighted by Crippen LogP contribution is 2.38. The first kappa shape index (κ1) is 25.8. The smallest absolute Gasteiger partial charge is 0.297 e. The maximum absolute atomic E-state index is 12.7. The molecular formula is C25H38O4SSi. The molecule has 0 N–H and O–H groups in total. The Hall–Kier alpha value is -1.47. The van der Waals surface area contributed by atoms with Gasteiger partial charge in [0.1, 0.15) is 0 Å². The van der Waals surface area contributed by atoms with Crippen LogP contribution in [-0.4, -0.2) is 29.4 Å². The van der Waals surface area contributed by atoms with E-state index >= 15 is 0 Å². The molecule has 2 aromatic rings. The largest absolute Gasteiger partial charge is 0.411 e. The molecule has 0 saturated carbocycles. The number of benzene rings is 2. The maximum atomic E-state index is 12.7. The van der Waals surface area contributed by atoms with E-state index in [2.05, 4.69) is 52.9 Å². The average molecular weight is 463 g/mol. The molecule has 0 aliphatic rings. The van der Waals surface area contributed by atoms with Gasteiger partial charge in [0.05, 0.1) is 17.6 Å². The monoisotopic (exact) mass is 462 g/mol. The minimum atomic E-state index is -3.83. The van der Waals surface area contributed by atoms with Crippen molar-refractivity contribution in [3.05, 3.63) is 65.7 Å². The van der Waals surface area contributed by atoms with E-state index in [9.17, 15) is 8.42 Å². The average Bonchev–Trinajstić information content (AvgIpc) is 2.69. The lowest BCUT2D eigenvalue weighted by molar-refractivity contribution is 0.0716. The van der Waals surface area contributed by atoms with Gasteiger partial charge in [-0.05, 0) is 61.5 Å². The Morgan fingerprint density at radius 1 is 0.968 bits per heavy atom. The van der Waals surface area contributed by atoms with Crippen molar-refractivity contribution in [3.8, 4) is 0 Å². The Labute approximate surface area is 190 Å². The normalized spacial score (nSPS) is 14.9. The Kier molecular flexibility index (Phi) is 8.67. The Balaban J connectivity index is 2.15.